The molecule has 0 aliphatic carbocycles. The molecule has 14 heavy (non-hydrogen) atoms. The summed E-state index contributed by atoms with van der Waals surface area (Å²) in [5.41, 5.74) is 1.70. The molecule has 1 aromatic rings. The molecule has 0 aliphatic rings. The van der Waals surface area contributed by atoms with Crippen molar-refractivity contribution >= 4 is 0 Å². The standard InChI is InChI=1S/C13H20O/c1-13(2,3)10-9-11-7-5-6-8-12(11)14-4/h5-8H,9-10H2,1-4H3. The quantitative estimate of drug-likeness (QED) is 0.710. The molecule has 0 N–H and O–H groups in total. The van der Waals surface area contributed by atoms with Gasteiger partial charge >= 0.3 is 0 Å². The number of benzene rings is 1. The van der Waals surface area contributed by atoms with Gasteiger partial charge in [0.1, 0.15) is 5.75 Å². The zero-order chi connectivity index (χ0) is 10.6. The van der Waals surface area contributed by atoms with E-state index in [0.717, 1.165) is 12.2 Å². The van der Waals surface area contributed by atoms with Gasteiger partial charge in [0.05, 0.1) is 7.11 Å². The van der Waals surface area contributed by atoms with Crippen LogP contribution in [0.3, 0.4) is 0 Å². The molecule has 78 valence electrons. The highest BCUT2D eigenvalue weighted by atomic mass is 16.5. The Morgan fingerprint density at radius 2 is 1.79 bits per heavy atom. The molecular weight excluding hydrogens is 172 g/mol. The second kappa shape index (κ2) is 4.50. The van der Waals surface area contributed by atoms with Crippen LogP contribution in [-0.2, 0) is 6.42 Å². The minimum absolute atomic E-state index is 0.390. The van der Waals surface area contributed by atoms with Crippen molar-refractivity contribution in [1.82, 2.24) is 0 Å². The Morgan fingerprint density at radius 1 is 1.14 bits per heavy atom. The Labute approximate surface area is 87.1 Å². The van der Waals surface area contributed by atoms with Crippen molar-refractivity contribution in [3.63, 3.8) is 0 Å². The number of aryl methyl sites for hydroxylation is 1. The van der Waals surface area contributed by atoms with Gasteiger partial charge in [-0.2, -0.15) is 0 Å². The third kappa shape index (κ3) is 3.41. The van der Waals surface area contributed by atoms with E-state index >= 15 is 0 Å². The van der Waals surface area contributed by atoms with Crippen LogP contribution in [-0.4, -0.2) is 7.11 Å². The van der Waals surface area contributed by atoms with E-state index in [-0.39, 0.29) is 0 Å². The molecule has 0 fully saturated rings. The maximum Gasteiger partial charge on any atom is 0.122 e. The van der Waals surface area contributed by atoms with Gasteiger partial charge in [-0.1, -0.05) is 39.0 Å². The zero-order valence-corrected chi connectivity index (χ0v) is 9.63. The van der Waals surface area contributed by atoms with Gasteiger partial charge in [-0.25, -0.2) is 0 Å². The summed E-state index contributed by atoms with van der Waals surface area (Å²) in [4.78, 5) is 0. The Bertz CT molecular complexity index is 284. The number of hydrogen-bond donors (Lipinski definition) is 0. The van der Waals surface area contributed by atoms with Crippen LogP contribution < -0.4 is 4.74 Å². The molecule has 0 heterocycles. The van der Waals surface area contributed by atoms with E-state index in [9.17, 15) is 0 Å². The molecule has 0 unspecified atom stereocenters. The van der Waals surface area contributed by atoms with E-state index in [0.29, 0.717) is 5.41 Å². The third-order valence-corrected chi connectivity index (χ3v) is 2.34. The Balaban J connectivity index is 2.67. The lowest BCUT2D eigenvalue weighted by Gasteiger charge is -2.18. The highest BCUT2D eigenvalue weighted by Gasteiger charge is 2.11. The molecule has 0 spiro atoms. The number of rotatable bonds is 3. The molecule has 1 aromatic carbocycles. The summed E-state index contributed by atoms with van der Waals surface area (Å²) in [5.74, 6) is 1.01. The van der Waals surface area contributed by atoms with Crippen molar-refractivity contribution in [2.24, 2.45) is 5.41 Å². The summed E-state index contributed by atoms with van der Waals surface area (Å²) >= 11 is 0. The molecule has 1 nitrogen and oxygen atoms in total. The molecule has 1 heteroatoms. The summed E-state index contributed by atoms with van der Waals surface area (Å²) < 4.78 is 5.31. The van der Waals surface area contributed by atoms with Crippen LogP contribution in [0.5, 0.6) is 5.75 Å². The maximum atomic E-state index is 5.31. The average molecular weight is 192 g/mol. The van der Waals surface area contributed by atoms with E-state index in [4.69, 9.17) is 4.74 Å². The first-order valence-corrected chi connectivity index (χ1v) is 5.15. The highest BCUT2D eigenvalue weighted by Crippen LogP contribution is 2.25. The average Bonchev–Trinajstić information content (AvgIpc) is 2.14. The van der Waals surface area contributed by atoms with Gasteiger partial charge in [0.25, 0.3) is 0 Å². The molecule has 0 aliphatic heterocycles. The molecule has 0 amide bonds. The fourth-order valence-corrected chi connectivity index (χ4v) is 1.42. The van der Waals surface area contributed by atoms with Crippen molar-refractivity contribution in [3.05, 3.63) is 29.8 Å². The van der Waals surface area contributed by atoms with E-state index < -0.39 is 0 Å². The van der Waals surface area contributed by atoms with Gasteiger partial charge < -0.3 is 4.74 Å². The van der Waals surface area contributed by atoms with Gasteiger partial charge in [0.2, 0.25) is 0 Å². The van der Waals surface area contributed by atoms with Gasteiger partial charge in [-0.15, -0.1) is 0 Å². The molecule has 0 saturated carbocycles. The molecular formula is C13H20O. The summed E-state index contributed by atoms with van der Waals surface area (Å²) in [5, 5.41) is 0. The monoisotopic (exact) mass is 192 g/mol. The van der Waals surface area contributed by atoms with Gasteiger partial charge in [-0.3, -0.25) is 0 Å². The lowest BCUT2D eigenvalue weighted by atomic mass is 9.88. The summed E-state index contributed by atoms with van der Waals surface area (Å²) in [6.07, 6.45) is 2.28. The number of hydrogen-bond acceptors (Lipinski definition) is 1. The SMILES string of the molecule is COc1ccccc1CCC(C)(C)C. The first kappa shape index (κ1) is 11.1. The number of ether oxygens (including phenoxy) is 1. The van der Waals surface area contributed by atoms with Gasteiger partial charge in [-0.05, 0) is 29.9 Å². The van der Waals surface area contributed by atoms with Crippen LogP contribution in [0.4, 0.5) is 0 Å². The predicted molar refractivity (Wildman–Crippen MR) is 60.8 cm³/mol. The predicted octanol–water partition coefficient (Wildman–Crippen LogP) is 3.67. The fourth-order valence-electron chi connectivity index (χ4n) is 1.42. The lowest BCUT2D eigenvalue weighted by molar-refractivity contribution is 0.369. The zero-order valence-electron chi connectivity index (χ0n) is 9.63. The van der Waals surface area contributed by atoms with Crippen molar-refractivity contribution < 1.29 is 4.74 Å². The minimum Gasteiger partial charge on any atom is -0.496 e. The largest absolute Gasteiger partial charge is 0.496 e. The van der Waals surface area contributed by atoms with Gasteiger partial charge in [0, 0.05) is 0 Å². The van der Waals surface area contributed by atoms with Crippen molar-refractivity contribution in [1.29, 1.82) is 0 Å². The van der Waals surface area contributed by atoms with Crippen LogP contribution >= 0.6 is 0 Å². The second-order valence-corrected chi connectivity index (χ2v) is 4.87. The molecule has 0 saturated heterocycles. The van der Waals surface area contributed by atoms with E-state index in [2.05, 4.69) is 32.9 Å². The van der Waals surface area contributed by atoms with E-state index in [1.807, 2.05) is 12.1 Å². The normalized spacial score (nSPS) is 11.4. The van der Waals surface area contributed by atoms with E-state index in [1.54, 1.807) is 7.11 Å². The van der Waals surface area contributed by atoms with Gasteiger partial charge in [0.15, 0.2) is 0 Å². The van der Waals surface area contributed by atoms with Crippen molar-refractivity contribution in [2.45, 2.75) is 33.6 Å². The Kier molecular flexibility index (Phi) is 3.56. The first-order chi connectivity index (χ1) is 6.53. The van der Waals surface area contributed by atoms with Crippen LogP contribution in [0, 0.1) is 5.41 Å². The maximum absolute atomic E-state index is 5.31. The molecule has 0 radical (unpaired) electrons. The topological polar surface area (TPSA) is 9.23 Å². The number of methoxy groups -OCH3 is 1. The van der Waals surface area contributed by atoms with Crippen LogP contribution in [0.25, 0.3) is 0 Å². The Hall–Kier alpha value is -0.980. The second-order valence-electron chi connectivity index (χ2n) is 4.87. The fraction of sp³-hybridized carbons (Fsp3) is 0.538. The molecule has 0 aromatic heterocycles. The molecule has 1 rings (SSSR count). The lowest BCUT2D eigenvalue weighted by Crippen LogP contribution is -2.06. The smallest absolute Gasteiger partial charge is 0.122 e. The Morgan fingerprint density at radius 3 is 2.36 bits per heavy atom. The third-order valence-electron chi connectivity index (χ3n) is 2.34. The van der Waals surface area contributed by atoms with Crippen molar-refractivity contribution in [3.8, 4) is 5.75 Å². The van der Waals surface area contributed by atoms with Crippen LogP contribution in [0.1, 0.15) is 32.8 Å². The first-order valence-electron chi connectivity index (χ1n) is 5.15. The number of para-hydroxylation sites is 1. The minimum atomic E-state index is 0.390. The van der Waals surface area contributed by atoms with E-state index in [1.165, 1.54) is 12.0 Å². The summed E-state index contributed by atoms with van der Waals surface area (Å²) in [6.45, 7) is 6.80. The van der Waals surface area contributed by atoms with Crippen LogP contribution in [0.15, 0.2) is 24.3 Å². The highest BCUT2D eigenvalue weighted by molar-refractivity contribution is 5.33. The van der Waals surface area contributed by atoms with Crippen LogP contribution in [0.2, 0.25) is 0 Å². The summed E-state index contributed by atoms with van der Waals surface area (Å²) in [7, 11) is 1.73. The summed E-state index contributed by atoms with van der Waals surface area (Å²) in [6, 6.07) is 8.25. The van der Waals surface area contributed by atoms with Crippen molar-refractivity contribution in [2.75, 3.05) is 7.11 Å². The molecule has 0 bridgehead atoms. The molecule has 0 atom stereocenters.